The number of hydrogen-bond donors (Lipinski definition) is 0. The van der Waals surface area contributed by atoms with Gasteiger partial charge in [-0.3, -0.25) is 0 Å². The standard InChI is InChI=1S/Li.Mn.Ni.4O.W/q+1;;+2;;;2*-1;+4. The van der Waals surface area contributed by atoms with Crippen LogP contribution in [0.4, 0.5) is 0 Å². The van der Waals surface area contributed by atoms with Gasteiger partial charge in [-0.15, -0.1) is 0 Å². The molecule has 0 atom stereocenters. The van der Waals surface area contributed by atoms with Crippen molar-refractivity contribution in [2.75, 3.05) is 0 Å². The molecule has 0 fully saturated rings. The minimum Gasteiger partial charge on any atom is 4.00 e. The third kappa shape index (κ3) is 110. The molecule has 0 aliphatic rings. The monoisotopic (exact) mass is 368 g/mol. The summed E-state index contributed by atoms with van der Waals surface area (Å²) in [5, 5.41) is 0. The summed E-state index contributed by atoms with van der Waals surface area (Å²) in [6, 6.07) is 0. The predicted molar refractivity (Wildman–Crippen MR) is 1.37 cm³/mol. The first-order valence-corrected chi connectivity index (χ1v) is 2.54. The Morgan fingerprint density at radius 3 is 1.12 bits per heavy atom. The molecule has 0 saturated heterocycles. The molecular formula is LiMnNiO4W+5. The van der Waals surface area contributed by atoms with E-state index in [1.807, 2.05) is 0 Å². The Morgan fingerprint density at radius 1 is 1.12 bits per heavy atom. The normalized spacial score (nSPS) is 7.25. The van der Waals surface area contributed by atoms with Gasteiger partial charge in [0.1, 0.15) is 0 Å². The molecule has 0 aliphatic heterocycles. The molecule has 4 nitrogen and oxygen atoms in total. The molecule has 0 aliphatic carbocycles. The summed E-state index contributed by atoms with van der Waals surface area (Å²) in [7, 11) is 0. The molecule has 0 radical (unpaired) electrons. The fraction of sp³-hybridized carbons (Fsp3) is 0. The SMILES string of the molecule is [Li+].[Ni+2].[O]=[Mn](=[O])([O-])[O-].[W+4]. The van der Waals surface area contributed by atoms with Gasteiger partial charge in [0, 0.05) is 0 Å². The first-order chi connectivity index (χ1) is 2.00. The van der Waals surface area contributed by atoms with Gasteiger partial charge in [0.15, 0.2) is 0 Å². The number of hydrogen-bond acceptors (Lipinski definition) is 4. The molecule has 8 heteroatoms. The Bertz CT molecular complexity index is 99.2. The summed E-state index contributed by atoms with van der Waals surface area (Å²) in [6.45, 7) is 0. The van der Waals surface area contributed by atoms with E-state index in [0.717, 1.165) is 0 Å². The quantitative estimate of drug-likeness (QED) is 0.400. The van der Waals surface area contributed by atoms with E-state index in [0.29, 0.717) is 0 Å². The van der Waals surface area contributed by atoms with E-state index < -0.39 is 13.4 Å². The van der Waals surface area contributed by atoms with Gasteiger partial charge in [0.25, 0.3) is 0 Å². The summed E-state index contributed by atoms with van der Waals surface area (Å²) in [5.41, 5.74) is 0. The molecule has 0 aromatic carbocycles. The zero-order valence-corrected chi connectivity index (χ0v) is 8.84. The van der Waals surface area contributed by atoms with Crippen LogP contribution in [0.1, 0.15) is 0 Å². The maximum Gasteiger partial charge on any atom is 4.00 e. The van der Waals surface area contributed by atoms with Crippen LogP contribution in [0.5, 0.6) is 0 Å². The molecule has 0 saturated carbocycles. The van der Waals surface area contributed by atoms with E-state index in [2.05, 4.69) is 0 Å². The topological polar surface area (TPSA) is 80.3 Å². The zero-order valence-electron chi connectivity index (χ0n) is 3.74. The summed E-state index contributed by atoms with van der Waals surface area (Å²) in [5.74, 6) is 0. The largest absolute Gasteiger partial charge is 4.00 e. The Kier molecular flexibility index (Phi) is 24.9. The van der Waals surface area contributed by atoms with Crippen LogP contribution >= 0.6 is 0 Å². The van der Waals surface area contributed by atoms with E-state index in [1.165, 1.54) is 0 Å². The smallest absolute Gasteiger partial charge is 4.00 e. The van der Waals surface area contributed by atoms with Crippen LogP contribution in [-0.4, -0.2) is 0 Å². The van der Waals surface area contributed by atoms with Crippen molar-refractivity contribution in [1.29, 1.82) is 0 Å². The van der Waals surface area contributed by atoms with Crippen LogP contribution in [-0.2, 0) is 58.6 Å². The number of rotatable bonds is 0. The van der Waals surface area contributed by atoms with Crippen LogP contribution in [0.25, 0.3) is 0 Å². The Hall–Kier alpha value is 1.82. The van der Waals surface area contributed by atoms with E-state index in [1.54, 1.807) is 0 Å². The van der Waals surface area contributed by atoms with Gasteiger partial charge in [-0.2, -0.15) is 0 Å². The molecule has 0 aromatic rings. The molecule has 0 bridgehead atoms. The molecule has 8 heavy (non-hydrogen) atoms. The minimum atomic E-state index is -5.62. The molecule has 0 rings (SSSR count). The molecule has 0 unspecified atom stereocenters. The van der Waals surface area contributed by atoms with Crippen molar-refractivity contribution in [3.63, 3.8) is 0 Å². The third-order valence-corrected chi connectivity index (χ3v) is 0. The van der Waals surface area contributed by atoms with E-state index >= 15 is 0 Å². The van der Waals surface area contributed by atoms with Crippen LogP contribution < -0.4 is 27.2 Å². The van der Waals surface area contributed by atoms with Gasteiger partial charge in [0.05, 0.1) is 0 Å². The van der Waals surface area contributed by atoms with Gasteiger partial charge < -0.3 is 0 Å². The van der Waals surface area contributed by atoms with Crippen molar-refractivity contribution in [1.82, 2.24) is 0 Å². The predicted octanol–water partition coefficient (Wildman–Crippen LogP) is -5.62. The average molecular weight is 368 g/mol. The second-order valence-electron chi connectivity index (χ2n) is 0.378. The minimum absolute atomic E-state index is 0. The Balaban J connectivity index is -0.0000000267. The van der Waals surface area contributed by atoms with Crippen LogP contribution in [0, 0.1) is 0 Å². The van der Waals surface area contributed by atoms with Gasteiger partial charge in [0.2, 0.25) is 0 Å². The van der Waals surface area contributed by atoms with Crippen LogP contribution in [0.15, 0.2) is 0 Å². The first-order valence-electron chi connectivity index (χ1n) is 0.617. The molecule has 0 N–H and O–H groups in total. The van der Waals surface area contributed by atoms with E-state index in [-0.39, 0.29) is 56.4 Å². The Morgan fingerprint density at radius 2 is 1.12 bits per heavy atom. The average Bonchev–Trinajstić information content (AvgIpc) is 0.722. The van der Waals surface area contributed by atoms with E-state index in [4.69, 9.17) is 16.0 Å². The fourth-order valence-corrected chi connectivity index (χ4v) is 0. The maximum atomic E-state index is 8.58. The van der Waals surface area contributed by atoms with Crippen LogP contribution in [0.2, 0.25) is 0 Å². The molecule has 0 heterocycles. The fourth-order valence-electron chi connectivity index (χ4n) is 0. The first kappa shape index (κ1) is 22.6. The van der Waals surface area contributed by atoms with Crippen molar-refractivity contribution in [3.05, 3.63) is 0 Å². The van der Waals surface area contributed by atoms with Crippen molar-refractivity contribution in [3.8, 4) is 0 Å². The summed E-state index contributed by atoms with van der Waals surface area (Å²) in [6.07, 6.45) is 0. The second kappa shape index (κ2) is 8.82. The summed E-state index contributed by atoms with van der Waals surface area (Å²) >= 11 is -5.62. The molecule has 0 aromatic heterocycles. The van der Waals surface area contributed by atoms with E-state index in [9.17, 15) is 0 Å². The molecule has 0 amide bonds. The van der Waals surface area contributed by atoms with Crippen LogP contribution in [0.3, 0.4) is 0 Å². The molecule has 43 valence electrons. The van der Waals surface area contributed by atoms with Crippen molar-refractivity contribution >= 4 is 0 Å². The van der Waals surface area contributed by atoms with Crippen molar-refractivity contribution in [2.45, 2.75) is 0 Å². The maximum absolute atomic E-state index is 8.58. The zero-order chi connectivity index (χ0) is 4.50. The second-order valence-corrected chi connectivity index (χ2v) is 1.56. The van der Waals surface area contributed by atoms with Crippen molar-refractivity contribution in [2.24, 2.45) is 0 Å². The van der Waals surface area contributed by atoms with Gasteiger partial charge in [-0.25, -0.2) is 0 Å². The summed E-state index contributed by atoms with van der Waals surface area (Å²) in [4.78, 5) is 0. The van der Waals surface area contributed by atoms with Gasteiger partial charge >= 0.3 is 85.8 Å². The Labute approximate surface area is 85.1 Å². The van der Waals surface area contributed by atoms with Gasteiger partial charge in [-0.05, 0) is 0 Å². The summed E-state index contributed by atoms with van der Waals surface area (Å²) < 4.78 is 34.3. The molecular weight excluding hydrogens is 368 g/mol. The molecule has 0 spiro atoms. The third-order valence-electron chi connectivity index (χ3n) is 0. The van der Waals surface area contributed by atoms with Crippen molar-refractivity contribution < 1.29 is 85.8 Å². The van der Waals surface area contributed by atoms with Gasteiger partial charge in [-0.1, -0.05) is 0 Å².